The molecule has 2 fully saturated rings. The number of carbonyl (C=O) groups is 1. The summed E-state index contributed by atoms with van der Waals surface area (Å²) in [6.45, 7) is 0. The Morgan fingerprint density at radius 1 is 1.45 bits per heavy atom. The van der Waals surface area contributed by atoms with Gasteiger partial charge in [-0.25, -0.2) is 0 Å². The maximum Gasteiger partial charge on any atom is 0.287 e. The molecule has 2 heterocycles. The van der Waals surface area contributed by atoms with Gasteiger partial charge in [0.25, 0.3) is 11.6 Å². The summed E-state index contributed by atoms with van der Waals surface area (Å²) >= 11 is 5.80. The standard InChI is InChI=1S/C13H13ClN2O4/c14-9-5-7(1-3-11(9)16(18)19)13(17)15-10-6-8-2-4-12(10)20-8/h1,3,5,8,10,12H,2,4,6H2,(H,15,17). The number of hydrogen-bond acceptors (Lipinski definition) is 4. The van der Waals surface area contributed by atoms with E-state index in [0.29, 0.717) is 5.56 Å². The van der Waals surface area contributed by atoms with Crippen LogP contribution in [0.1, 0.15) is 29.6 Å². The lowest BCUT2D eigenvalue weighted by Crippen LogP contribution is -2.41. The topological polar surface area (TPSA) is 81.5 Å². The Kier molecular flexibility index (Phi) is 3.35. The Morgan fingerprint density at radius 3 is 2.80 bits per heavy atom. The third-order valence-corrected chi connectivity index (χ3v) is 4.13. The van der Waals surface area contributed by atoms with E-state index in [-0.39, 0.29) is 34.9 Å². The first-order valence-electron chi connectivity index (χ1n) is 6.45. The van der Waals surface area contributed by atoms with Gasteiger partial charge in [-0.05, 0) is 31.4 Å². The molecule has 2 aliphatic rings. The van der Waals surface area contributed by atoms with Crippen molar-refractivity contribution in [1.29, 1.82) is 0 Å². The summed E-state index contributed by atoms with van der Waals surface area (Å²) in [6, 6.07) is 4.00. The van der Waals surface area contributed by atoms with Crippen LogP contribution >= 0.6 is 11.6 Å². The normalized spacial score (nSPS) is 27.6. The molecule has 3 unspecified atom stereocenters. The van der Waals surface area contributed by atoms with Crippen molar-refractivity contribution in [1.82, 2.24) is 5.32 Å². The molecule has 3 atom stereocenters. The molecule has 20 heavy (non-hydrogen) atoms. The second-order valence-electron chi connectivity index (χ2n) is 5.11. The van der Waals surface area contributed by atoms with Gasteiger partial charge < -0.3 is 10.1 Å². The smallest absolute Gasteiger partial charge is 0.287 e. The minimum Gasteiger partial charge on any atom is -0.373 e. The SMILES string of the molecule is O=C(NC1CC2CCC1O2)c1ccc([N+](=O)[O-])c(Cl)c1. The molecular weight excluding hydrogens is 284 g/mol. The van der Waals surface area contributed by atoms with E-state index in [4.69, 9.17) is 16.3 Å². The largest absolute Gasteiger partial charge is 0.373 e. The van der Waals surface area contributed by atoms with Crippen LogP contribution in [0.15, 0.2) is 18.2 Å². The summed E-state index contributed by atoms with van der Waals surface area (Å²) in [7, 11) is 0. The first-order valence-corrected chi connectivity index (χ1v) is 6.82. The van der Waals surface area contributed by atoms with Crippen LogP contribution in [-0.2, 0) is 4.74 Å². The van der Waals surface area contributed by atoms with E-state index < -0.39 is 4.92 Å². The highest BCUT2D eigenvalue weighted by atomic mass is 35.5. The van der Waals surface area contributed by atoms with E-state index in [1.807, 2.05) is 0 Å². The Bertz CT molecular complexity index is 577. The second-order valence-corrected chi connectivity index (χ2v) is 5.52. The predicted molar refractivity (Wildman–Crippen MR) is 71.9 cm³/mol. The zero-order chi connectivity index (χ0) is 14.3. The molecule has 2 aliphatic heterocycles. The van der Waals surface area contributed by atoms with Crippen LogP contribution in [0.3, 0.4) is 0 Å². The molecule has 1 N–H and O–H groups in total. The molecule has 6 nitrogen and oxygen atoms in total. The minimum absolute atomic E-state index is 0.0233. The van der Waals surface area contributed by atoms with Crippen LogP contribution in [0.4, 0.5) is 5.69 Å². The molecule has 0 spiro atoms. The van der Waals surface area contributed by atoms with Gasteiger partial charge in [-0.2, -0.15) is 0 Å². The zero-order valence-electron chi connectivity index (χ0n) is 10.5. The van der Waals surface area contributed by atoms with Gasteiger partial charge in [-0.1, -0.05) is 11.6 Å². The average molecular weight is 297 g/mol. The monoisotopic (exact) mass is 296 g/mol. The minimum atomic E-state index is -0.576. The van der Waals surface area contributed by atoms with E-state index in [9.17, 15) is 14.9 Å². The number of nitro benzene ring substituents is 1. The highest BCUT2D eigenvalue weighted by Crippen LogP contribution is 2.34. The fourth-order valence-electron chi connectivity index (χ4n) is 2.84. The number of fused-ring (bicyclic) bond motifs is 2. The van der Waals surface area contributed by atoms with Gasteiger partial charge in [0.1, 0.15) is 5.02 Å². The van der Waals surface area contributed by atoms with Crippen molar-refractivity contribution < 1.29 is 14.5 Å². The third-order valence-electron chi connectivity index (χ3n) is 3.83. The molecule has 2 saturated heterocycles. The Morgan fingerprint density at radius 2 is 2.25 bits per heavy atom. The van der Waals surface area contributed by atoms with Crippen LogP contribution in [0.2, 0.25) is 5.02 Å². The highest BCUT2D eigenvalue weighted by Gasteiger charge is 2.41. The number of benzene rings is 1. The summed E-state index contributed by atoms with van der Waals surface area (Å²) in [4.78, 5) is 22.2. The number of nitro groups is 1. The van der Waals surface area contributed by atoms with Crippen molar-refractivity contribution in [3.05, 3.63) is 38.9 Å². The van der Waals surface area contributed by atoms with E-state index >= 15 is 0 Å². The van der Waals surface area contributed by atoms with Gasteiger partial charge in [0, 0.05) is 11.6 Å². The first-order chi connectivity index (χ1) is 9.54. The average Bonchev–Trinajstić information content (AvgIpc) is 3.00. The number of halogens is 1. The summed E-state index contributed by atoms with van der Waals surface area (Å²) in [5, 5.41) is 13.5. The molecule has 0 saturated carbocycles. The molecule has 106 valence electrons. The van der Waals surface area contributed by atoms with Crippen LogP contribution < -0.4 is 5.32 Å². The Hall–Kier alpha value is -1.66. The molecule has 0 radical (unpaired) electrons. The van der Waals surface area contributed by atoms with Crippen LogP contribution in [-0.4, -0.2) is 29.1 Å². The molecule has 7 heteroatoms. The van der Waals surface area contributed by atoms with Gasteiger partial charge in [-0.3, -0.25) is 14.9 Å². The van der Waals surface area contributed by atoms with Crippen LogP contribution in [0.25, 0.3) is 0 Å². The van der Waals surface area contributed by atoms with E-state index in [1.165, 1.54) is 18.2 Å². The van der Waals surface area contributed by atoms with Crippen molar-refractivity contribution in [2.24, 2.45) is 0 Å². The molecule has 1 aromatic rings. The lowest BCUT2D eigenvalue weighted by molar-refractivity contribution is -0.384. The number of amides is 1. The lowest BCUT2D eigenvalue weighted by Gasteiger charge is -2.20. The third kappa shape index (κ3) is 2.36. The van der Waals surface area contributed by atoms with Gasteiger partial charge in [-0.15, -0.1) is 0 Å². The summed E-state index contributed by atoms with van der Waals surface area (Å²) < 4.78 is 5.67. The number of hydrogen-bond donors (Lipinski definition) is 1. The summed E-state index contributed by atoms with van der Waals surface area (Å²) in [5.41, 5.74) is 0.120. The molecule has 1 aromatic carbocycles. The van der Waals surface area contributed by atoms with Crippen molar-refractivity contribution in [3.63, 3.8) is 0 Å². The van der Waals surface area contributed by atoms with E-state index in [1.54, 1.807) is 0 Å². The van der Waals surface area contributed by atoms with Crippen molar-refractivity contribution in [3.8, 4) is 0 Å². The summed E-state index contributed by atoms with van der Waals surface area (Å²) in [6.07, 6.45) is 3.21. The number of nitrogens with zero attached hydrogens (tertiary/aromatic N) is 1. The number of carbonyl (C=O) groups excluding carboxylic acids is 1. The fraction of sp³-hybridized carbons (Fsp3) is 0.462. The van der Waals surface area contributed by atoms with Crippen LogP contribution in [0.5, 0.6) is 0 Å². The van der Waals surface area contributed by atoms with Gasteiger partial charge in [0.15, 0.2) is 0 Å². The second kappa shape index (κ2) is 5.03. The fourth-order valence-corrected chi connectivity index (χ4v) is 3.09. The quantitative estimate of drug-likeness (QED) is 0.685. The number of rotatable bonds is 3. The molecule has 3 rings (SSSR count). The van der Waals surface area contributed by atoms with Crippen LogP contribution in [0, 0.1) is 10.1 Å². The molecule has 0 aromatic heterocycles. The molecule has 0 aliphatic carbocycles. The molecule has 2 bridgehead atoms. The number of ether oxygens (including phenoxy) is 1. The lowest BCUT2D eigenvalue weighted by atomic mass is 9.95. The maximum absolute atomic E-state index is 12.1. The van der Waals surface area contributed by atoms with Gasteiger partial charge in [0.05, 0.1) is 23.2 Å². The number of nitrogens with one attached hydrogen (secondary N) is 1. The van der Waals surface area contributed by atoms with Crippen molar-refractivity contribution in [2.75, 3.05) is 0 Å². The van der Waals surface area contributed by atoms with Crippen molar-refractivity contribution in [2.45, 2.75) is 37.5 Å². The molecule has 1 amide bonds. The Labute approximate surface area is 120 Å². The van der Waals surface area contributed by atoms with E-state index in [2.05, 4.69) is 5.32 Å². The van der Waals surface area contributed by atoms with Crippen molar-refractivity contribution >= 4 is 23.2 Å². The Balaban J connectivity index is 1.71. The highest BCUT2D eigenvalue weighted by molar-refractivity contribution is 6.33. The van der Waals surface area contributed by atoms with E-state index in [0.717, 1.165) is 19.3 Å². The maximum atomic E-state index is 12.1. The zero-order valence-corrected chi connectivity index (χ0v) is 11.3. The first kappa shape index (κ1) is 13.3. The summed E-state index contributed by atoms with van der Waals surface area (Å²) in [5.74, 6) is -0.275. The van der Waals surface area contributed by atoms with Gasteiger partial charge >= 0.3 is 0 Å². The molecular formula is C13H13ClN2O4. The van der Waals surface area contributed by atoms with Gasteiger partial charge in [0.2, 0.25) is 0 Å². The predicted octanol–water partition coefficient (Wildman–Crippen LogP) is 2.30.